The van der Waals surface area contributed by atoms with E-state index in [0.717, 1.165) is 6.54 Å². The zero-order valence-corrected chi connectivity index (χ0v) is 6.70. The van der Waals surface area contributed by atoms with Gasteiger partial charge in [-0.25, -0.2) is 4.98 Å². The minimum absolute atomic E-state index is 0.687. The zero-order chi connectivity index (χ0) is 7.84. The van der Waals surface area contributed by atoms with Crippen molar-refractivity contribution in [3.63, 3.8) is 0 Å². The largest absolute Gasteiger partial charge is 0.337 e. The van der Waals surface area contributed by atoms with E-state index in [-0.39, 0.29) is 0 Å². The molecule has 1 saturated carbocycles. The smallest absolute Gasteiger partial charge is 0.0945 e. The SMILES string of the molecule is Cn1cncc1C1CC1CN. The first-order chi connectivity index (χ1) is 5.33. The van der Waals surface area contributed by atoms with Gasteiger partial charge in [0, 0.05) is 24.9 Å². The third kappa shape index (κ3) is 1.05. The molecule has 0 bridgehead atoms. The summed E-state index contributed by atoms with van der Waals surface area (Å²) in [5.74, 6) is 1.40. The van der Waals surface area contributed by atoms with Crippen molar-refractivity contribution < 1.29 is 0 Å². The van der Waals surface area contributed by atoms with Crippen LogP contribution in [-0.4, -0.2) is 16.1 Å². The number of rotatable bonds is 2. The number of aryl methyl sites for hydroxylation is 1. The third-order valence-electron chi connectivity index (χ3n) is 2.46. The van der Waals surface area contributed by atoms with Gasteiger partial charge in [0.1, 0.15) is 0 Å². The molecule has 11 heavy (non-hydrogen) atoms. The Bertz CT molecular complexity index is 254. The Hall–Kier alpha value is -0.830. The van der Waals surface area contributed by atoms with Gasteiger partial charge in [-0.3, -0.25) is 0 Å². The molecule has 2 rings (SSSR count). The maximum absolute atomic E-state index is 5.55. The van der Waals surface area contributed by atoms with Crippen molar-refractivity contribution in [3.05, 3.63) is 18.2 Å². The summed E-state index contributed by atoms with van der Waals surface area (Å²) in [5.41, 5.74) is 6.88. The first-order valence-electron chi connectivity index (χ1n) is 3.99. The summed E-state index contributed by atoms with van der Waals surface area (Å²) in [5, 5.41) is 0. The van der Waals surface area contributed by atoms with Gasteiger partial charge in [-0.2, -0.15) is 0 Å². The first-order valence-corrected chi connectivity index (χ1v) is 3.99. The summed E-state index contributed by atoms with van der Waals surface area (Å²) in [4.78, 5) is 4.07. The van der Waals surface area contributed by atoms with E-state index in [0.29, 0.717) is 11.8 Å². The lowest BCUT2D eigenvalue weighted by Crippen LogP contribution is -2.03. The van der Waals surface area contributed by atoms with E-state index in [2.05, 4.69) is 9.55 Å². The highest BCUT2D eigenvalue weighted by molar-refractivity contribution is 5.16. The molecular weight excluding hydrogens is 138 g/mol. The molecule has 0 aromatic carbocycles. The zero-order valence-electron chi connectivity index (χ0n) is 6.70. The fraction of sp³-hybridized carbons (Fsp3) is 0.625. The Balaban J connectivity index is 2.14. The topological polar surface area (TPSA) is 43.8 Å². The average molecular weight is 151 g/mol. The van der Waals surface area contributed by atoms with Crippen LogP contribution in [0.1, 0.15) is 18.0 Å². The van der Waals surface area contributed by atoms with Crippen LogP contribution in [0.15, 0.2) is 12.5 Å². The van der Waals surface area contributed by atoms with Crippen LogP contribution >= 0.6 is 0 Å². The molecule has 1 heterocycles. The molecule has 3 nitrogen and oxygen atoms in total. The third-order valence-corrected chi connectivity index (χ3v) is 2.46. The van der Waals surface area contributed by atoms with E-state index in [4.69, 9.17) is 5.73 Å². The Morgan fingerprint density at radius 3 is 3.09 bits per heavy atom. The van der Waals surface area contributed by atoms with Gasteiger partial charge in [-0.1, -0.05) is 0 Å². The van der Waals surface area contributed by atoms with Crippen LogP contribution in [0.25, 0.3) is 0 Å². The van der Waals surface area contributed by atoms with Gasteiger partial charge >= 0.3 is 0 Å². The average Bonchev–Trinajstić information content (AvgIpc) is 2.68. The predicted molar refractivity (Wildman–Crippen MR) is 43.1 cm³/mol. The number of hydrogen-bond donors (Lipinski definition) is 1. The van der Waals surface area contributed by atoms with E-state index >= 15 is 0 Å². The van der Waals surface area contributed by atoms with Gasteiger partial charge < -0.3 is 10.3 Å². The van der Waals surface area contributed by atoms with Crippen LogP contribution in [-0.2, 0) is 7.05 Å². The number of nitrogens with two attached hydrogens (primary N) is 1. The van der Waals surface area contributed by atoms with Gasteiger partial charge in [0.25, 0.3) is 0 Å². The summed E-state index contributed by atoms with van der Waals surface area (Å²) in [6.07, 6.45) is 5.04. The Kier molecular flexibility index (Phi) is 1.46. The van der Waals surface area contributed by atoms with Crippen molar-refractivity contribution in [2.75, 3.05) is 6.54 Å². The van der Waals surface area contributed by atoms with Gasteiger partial charge in [-0.05, 0) is 18.9 Å². The van der Waals surface area contributed by atoms with Gasteiger partial charge in [0.2, 0.25) is 0 Å². The maximum atomic E-state index is 5.55. The molecule has 1 aliphatic carbocycles. The van der Waals surface area contributed by atoms with E-state index in [9.17, 15) is 0 Å². The first kappa shape index (κ1) is 6.85. The van der Waals surface area contributed by atoms with E-state index in [1.54, 1.807) is 0 Å². The highest BCUT2D eigenvalue weighted by atomic mass is 15.0. The molecule has 0 aliphatic heterocycles. The standard InChI is InChI=1S/C8H13N3/c1-11-5-10-4-8(11)7-2-6(7)3-9/h4-7H,2-3,9H2,1H3. The van der Waals surface area contributed by atoms with Gasteiger partial charge in [-0.15, -0.1) is 0 Å². The van der Waals surface area contributed by atoms with Crippen molar-refractivity contribution >= 4 is 0 Å². The molecule has 60 valence electrons. The maximum Gasteiger partial charge on any atom is 0.0945 e. The van der Waals surface area contributed by atoms with Crippen molar-refractivity contribution in [3.8, 4) is 0 Å². The monoisotopic (exact) mass is 151 g/mol. The minimum atomic E-state index is 0.687. The lowest BCUT2D eigenvalue weighted by atomic mass is 10.2. The van der Waals surface area contributed by atoms with Gasteiger partial charge in [0.05, 0.1) is 6.33 Å². The normalized spacial score (nSPS) is 28.9. The molecule has 1 aliphatic rings. The fourth-order valence-corrected chi connectivity index (χ4v) is 1.60. The second-order valence-electron chi connectivity index (χ2n) is 3.27. The number of aromatic nitrogens is 2. The van der Waals surface area contributed by atoms with Gasteiger partial charge in [0.15, 0.2) is 0 Å². The molecule has 1 aromatic heterocycles. The number of imidazole rings is 1. The minimum Gasteiger partial charge on any atom is -0.337 e. The molecule has 0 radical (unpaired) electrons. The summed E-state index contributed by atoms with van der Waals surface area (Å²) < 4.78 is 2.08. The molecule has 0 spiro atoms. The van der Waals surface area contributed by atoms with Crippen LogP contribution in [0, 0.1) is 5.92 Å². The molecule has 3 heteroatoms. The highest BCUT2D eigenvalue weighted by Gasteiger charge is 2.38. The molecule has 1 fully saturated rings. The Morgan fingerprint density at radius 2 is 2.64 bits per heavy atom. The summed E-state index contributed by atoms with van der Waals surface area (Å²) in [6.45, 7) is 0.815. The lowest BCUT2D eigenvalue weighted by Gasteiger charge is -1.98. The van der Waals surface area contributed by atoms with Crippen molar-refractivity contribution in [2.45, 2.75) is 12.3 Å². The second kappa shape index (κ2) is 2.34. The molecule has 1 aromatic rings. The molecule has 0 amide bonds. The Labute approximate surface area is 66.2 Å². The molecule has 2 unspecified atom stereocenters. The number of hydrogen-bond acceptors (Lipinski definition) is 2. The van der Waals surface area contributed by atoms with E-state index in [1.807, 2.05) is 19.6 Å². The molecular formula is C8H13N3. The molecule has 2 N–H and O–H groups in total. The fourth-order valence-electron chi connectivity index (χ4n) is 1.60. The molecule has 2 atom stereocenters. The highest BCUT2D eigenvalue weighted by Crippen LogP contribution is 2.46. The Morgan fingerprint density at radius 1 is 1.82 bits per heavy atom. The van der Waals surface area contributed by atoms with Crippen molar-refractivity contribution in [1.82, 2.24) is 9.55 Å². The van der Waals surface area contributed by atoms with Crippen LogP contribution in [0.2, 0.25) is 0 Å². The summed E-state index contributed by atoms with van der Waals surface area (Å²) in [7, 11) is 2.04. The van der Waals surface area contributed by atoms with E-state index < -0.39 is 0 Å². The van der Waals surface area contributed by atoms with E-state index in [1.165, 1.54) is 12.1 Å². The van der Waals surface area contributed by atoms with Crippen LogP contribution < -0.4 is 5.73 Å². The molecule has 0 saturated heterocycles. The lowest BCUT2D eigenvalue weighted by molar-refractivity contribution is 0.756. The predicted octanol–water partition coefficient (Wildman–Crippen LogP) is 0.482. The summed E-state index contributed by atoms with van der Waals surface area (Å²) in [6, 6.07) is 0. The van der Waals surface area contributed by atoms with Crippen molar-refractivity contribution in [1.29, 1.82) is 0 Å². The quantitative estimate of drug-likeness (QED) is 0.668. The van der Waals surface area contributed by atoms with Crippen LogP contribution in [0.3, 0.4) is 0 Å². The summed E-state index contributed by atoms with van der Waals surface area (Å²) >= 11 is 0. The number of nitrogens with zero attached hydrogens (tertiary/aromatic N) is 2. The van der Waals surface area contributed by atoms with Crippen LogP contribution in [0.4, 0.5) is 0 Å². The second-order valence-corrected chi connectivity index (χ2v) is 3.27. The van der Waals surface area contributed by atoms with Crippen LogP contribution in [0.5, 0.6) is 0 Å². The van der Waals surface area contributed by atoms with Crippen molar-refractivity contribution in [2.24, 2.45) is 18.7 Å².